The third-order valence-electron chi connectivity index (χ3n) is 3.86. The van der Waals surface area contributed by atoms with Crippen LogP contribution < -0.4 is 4.74 Å². The summed E-state index contributed by atoms with van der Waals surface area (Å²) < 4.78 is 71.2. The van der Waals surface area contributed by atoms with E-state index in [2.05, 4.69) is 0 Å². The molecular formula is C17H10F5NO3S. The van der Waals surface area contributed by atoms with Crippen molar-refractivity contribution in [3.63, 3.8) is 0 Å². The van der Waals surface area contributed by atoms with Crippen molar-refractivity contribution < 1.29 is 36.9 Å². The molecule has 0 amide bonds. The Bertz CT molecular complexity index is 928. The highest BCUT2D eigenvalue weighted by atomic mass is 32.2. The summed E-state index contributed by atoms with van der Waals surface area (Å²) in [4.78, 5) is -0.478. The monoisotopic (exact) mass is 403 g/mol. The molecule has 0 heterocycles. The lowest BCUT2D eigenvalue weighted by Crippen LogP contribution is -2.12. The highest BCUT2D eigenvalue weighted by Crippen LogP contribution is 2.52. The molecule has 1 aliphatic rings. The van der Waals surface area contributed by atoms with E-state index in [1.807, 2.05) is 0 Å². The van der Waals surface area contributed by atoms with Crippen LogP contribution in [0, 0.1) is 17.1 Å². The highest BCUT2D eigenvalue weighted by Gasteiger charge is 2.45. The van der Waals surface area contributed by atoms with Gasteiger partial charge in [0.15, 0.2) is 6.17 Å². The van der Waals surface area contributed by atoms with Crippen LogP contribution in [0.4, 0.5) is 22.0 Å². The van der Waals surface area contributed by atoms with Crippen molar-refractivity contribution in [2.45, 2.75) is 28.8 Å². The number of ether oxygens (including phenoxy) is 1. The van der Waals surface area contributed by atoms with E-state index in [-0.39, 0.29) is 22.6 Å². The second kappa shape index (κ2) is 6.99. The van der Waals surface area contributed by atoms with Crippen molar-refractivity contribution in [1.82, 2.24) is 0 Å². The van der Waals surface area contributed by atoms with Gasteiger partial charge >= 0.3 is 5.51 Å². The van der Waals surface area contributed by atoms with Crippen LogP contribution in [0.15, 0.2) is 35.2 Å². The number of nitrogens with zero attached hydrogens (tertiary/aromatic N) is 1. The molecule has 0 saturated carbocycles. The van der Waals surface area contributed by atoms with E-state index in [4.69, 9.17) is 10.00 Å². The molecule has 3 atom stereocenters. The molecule has 2 aromatic carbocycles. The van der Waals surface area contributed by atoms with Gasteiger partial charge in [0, 0.05) is 22.1 Å². The predicted molar refractivity (Wildman–Crippen MR) is 84.4 cm³/mol. The van der Waals surface area contributed by atoms with E-state index in [1.165, 1.54) is 6.07 Å². The van der Waals surface area contributed by atoms with Gasteiger partial charge in [-0.3, -0.25) is 0 Å². The van der Waals surface area contributed by atoms with Crippen molar-refractivity contribution >= 4 is 11.8 Å². The van der Waals surface area contributed by atoms with Gasteiger partial charge in [0.1, 0.15) is 29.5 Å². The van der Waals surface area contributed by atoms with Gasteiger partial charge in [0.2, 0.25) is 0 Å². The molecule has 142 valence electrons. The van der Waals surface area contributed by atoms with Gasteiger partial charge in [-0.05, 0) is 36.0 Å². The molecule has 2 N–H and O–H groups in total. The van der Waals surface area contributed by atoms with Crippen molar-refractivity contribution in [3.8, 4) is 17.6 Å². The van der Waals surface area contributed by atoms with Gasteiger partial charge in [-0.2, -0.15) is 18.4 Å². The van der Waals surface area contributed by atoms with Crippen LogP contribution in [0.25, 0.3) is 0 Å². The second-order valence-electron chi connectivity index (χ2n) is 5.66. The average molecular weight is 403 g/mol. The Labute approximate surface area is 153 Å². The fourth-order valence-corrected chi connectivity index (χ4v) is 3.54. The van der Waals surface area contributed by atoms with Crippen LogP contribution in [0.3, 0.4) is 0 Å². The average Bonchev–Trinajstić information content (AvgIpc) is 2.80. The number of hydrogen-bond acceptors (Lipinski definition) is 5. The Hall–Kier alpha value is -2.35. The molecule has 0 bridgehead atoms. The maximum atomic E-state index is 14.1. The SMILES string of the molecule is N#Cc1cc(F)cc(Oc2ccc(SC(F)(F)F)c3c2[C@H](O)[C@@H](F)[C@H]3O)c1. The van der Waals surface area contributed by atoms with Crippen LogP contribution in [0.2, 0.25) is 0 Å². The van der Waals surface area contributed by atoms with E-state index >= 15 is 0 Å². The summed E-state index contributed by atoms with van der Waals surface area (Å²) in [7, 11) is 0. The molecule has 27 heavy (non-hydrogen) atoms. The van der Waals surface area contributed by atoms with Gasteiger partial charge < -0.3 is 14.9 Å². The maximum Gasteiger partial charge on any atom is 0.446 e. The largest absolute Gasteiger partial charge is 0.457 e. The first-order valence-corrected chi connectivity index (χ1v) is 8.23. The first-order chi connectivity index (χ1) is 12.6. The number of rotatable bonds is 3. The van der Waals surface area contributed by atoms with E-state index in [0.29, 0.717) is 0 Å². The number of alkyl halides is 4. The zero-order valence-electron chi connectivity index (χ0n) is 13.2. The van der Waals surface area contributed by atoms with E-state index in [0.717, 1.165) is 24.3 Å². The second-order valence-corrected chi connectivity index (χ2v) is 6.77. The fourth-order valence-electron chi connectivity index (χ4n) is 2.81. The Balaban J connectivity index is 2.08. The summed E-state index contributed by atoms with van der Waals surface area (Å²) in [6.45, 7) is 0. The Morgan fingerprint density at radius 3 is 2.37 bits per heavy atom. The van der Waals surface area contributed by atoms with Gasteiger partial charge in [0.25, 0.3) is 0 Å². The molecule has 10 heteroatoms. The third-order valence-corrected chi connectivity index (χ3v) is 4.66. The van der Waals surface area contributed by atoms with Gasteiger partial charge in [-0.25, -0.2) is 8.78 Å². The Morgan fingerprint density at radius 2 is 1.74 bits per heavy atom. The number of aliphatic hydroxyl groups is 2. The minimum Gasteiger partial charge on any atom is -0.457 e. The van der Waals surface area contributed by atoms with Gasteiger partial charge in [-0.15, -0.1) is 0 Å². The number of hydrogen-bond donors (Lipinski definition) is 2. The summed E-state index contributed by atoms with van der Waals surface area (Å²) in [5, 5.41) is 28.8. The van der Waals surface area contributed by atoms with Crippen LogP contribution >= 0.6 is 11.8 Å². The molecule has 0 radical (unpaired) electrons. The van der Waals surface area contributed by atoms with E-state index in [9.17, 15) is 32.2 Å². The molecule has 2 aromatic rings. The lowest BCUT2D eigenvalue weighted by Gasteiger charge is -2.16. The van der Waals surface area contributed by atoms with Crippen molar-refractivity contribution in [3.05, 3.63) is 52.8 Å². The normalized spacial score (nSPS) is 21.6. The number of halogens is 5. The smallest absolute Gasteiger partial charge is 0.446 e. The molecule has 0 unspecified atom stereocenters. The summed E-state index contributed by atoms with van der Waals surface area (Å²) >= 11 is -0.559. The van der Waals surface area contributed by atoms with Crippen LogP contribution in [-0.2, 0) is 0 Å². The molecule has 4 nitrogen and oxygen atoms in total. The molecule has 0 saturated heterocycles. The number of fused-ring (bicyclic) bond motifs is 1. The van der Waals surface area contributed by atoms with E-state index in [1.54, 1.807) is 6.07 Å². The minimum atomic E-state index is -4.69. The molecule has 0 aliphatic heterocycles. The highest BCUT2D eigenvalue weighted by molar-refractivity contribution is 8.00. The van der Waals surface area contributed by atoms with Crippen molar-refractivity contribution in [1.29, 1.82) is 5.26 Å². The summed E-state index contributed by atoms with van der Waals surface area (Å²) in [6.07, 6.45) is -6.16. The number of nitriles is 1. The zero-order valence-corrected chi connectivity index (χ0v) is 14.0. The molecular weight excluding hydrogens is 393 g/mol. The first-order valence-electron chi connectivity index (χ1n) is 7.42. The Morgan fingerprint density at radius 1 is 1.07 bits per heavy atom. The summed E-state index contributed by atoms with van der Waals surface area (Å²) in [6, 6.07) is 6.74. The third kappa shape index (κ3) is 3.85. The van der Waals surface area contributed by atoms with Crippen LogP contribution in [0.1, 0.15) is 28.9 Å². The van der Waals surface area contributed by atoms with Crippen molar-refractivity contribution in [2.24, 2.45) is 0 Å². The van der Waals surface area contributed by atoms with Gasteiger partial charge in [-0.1, -0.05) is 0 Å². The minimum absolute atomic E-state index is 0.0742. The predicted octanol–water partition coefficient (Wildman–Crippen LogP) is 4.52. The topological polar surface area (TPSA) is 73.5 Å². The summed E-state index contributed by atoms with van der Waals surface area (Å²) in [5.41, 5.74) is -5.56. The number of thioether (sulfide) groups is 1. The molecule has 0 aromatic heterocycles. The Kier molecular flexibility index (Phi) is 5.03. The molecule has 1 aliphatic carbocycles. The standard InChI is InChI=1S/C17H10F5NO3S/c18-8-3-7(6-23)4-9(5-8)26-10-1-2-11(27-17(20,21)22)13-12(10)15(24)14(19)16(13)25/h1-5,14-16,24-25H/t14-,15+,16+/m1/s1. The molecule has 0 spiro atoms. The lowest BCUT2D eigenvalue weighted by atomic mass is 10.1. The molecule has 0 fully saturated rings. The van der Waals surface area contributed by atoms with Gasteiger partial charge in [0.05, 0.1) is 11.6 Å². The van der Waals surface area contributed by atoms with Crippen LogP contribution in [0.5, 0.6) is 11.5 Å². The van der Waals surface area contributed by atoms with E-state index < -0.39 is 51.9 Å². The lowest BCUT2D eigenvalue weighted by molar-refractivity contribution is -0.0329. The van der Waals surface area contributed by atoms with Crippen LogP contribution in [-0.4, -0.2) is 21.9 Å². The quantitative estimate of drug-likeness (QED) is 0.582. The fraction of sp³-hybridized carbons (Fsp3) is 0.235. The van der Waals surface area contributed by atoms with Crippen molar-refractivity contribution in [2.75, 3.05) is 0 Å². The summed E-state index contributed by atoms with van der Waals surface area (Å²) in [5.74, 6) is -1.22. The number of aliphatic hydroxyl groups excluding tert-OH is 2. The maximum absolute atomic E-state index is 14.1. The molecule has 3 rings (SSSR count). The first kappa shape index (κ1) is 19.4. The zero-order chi connectivity index (χ0) is 19.9. The number of benzene rings is 2.